The number of hydrogen-bond acceptors (Lipinski definition) is 5. The van der Waals surface area contributed by atoms with E-state index in [0.29, 0.717) is 11.7 Å². The maximum atomic E-state index is 12.2. The molecule has 0 aromatic carbocycles. The van der Waals surface area contributed by atoms with Gasteiger partial charge in [-0.1, -0.05) is 13.8 Å². The minimum Gasteiger partial charge on any atom is -0.397 e. The van der Waals surface area contributed by atoms with Gasteiger partial charge in [-0.25, -0.2) is 0 Å². The van der Waals surface area contributed by atoms with Crippen LogP contribution in [0.2, 0.25) is 0 Å². The van der Waals surface area contributed by atoms with Crippen LogP contribution in [0.1, 0.15) is 36.9 Å². The number of anilines is 2. The zero-order chi connectivity index (χ0) is 14.9. The number of ketones is 1. The van der Waals surface area contributed by atoms with Gasteiger partial charge in [0, 0.05) is 25.0 Å². The molecule has 0 bridgehead atoms. The van der Waals surface area contributed by atoms with Crippen LogP contribution < -0.4 is 10.6 Å². The highest BCUT2D eigenvalue weighted by Gasteiger charge is 2.24. The molecule has 1 aromatic heterocycles. The van der Waals surface area contributed by atoms with E-state index in [9.17, 15) is 4.79 Å². The average Bonchev–Trinajstić information content (AvgIpc) is 2.65. The first-order valence-electron chi connectivity index (χ1n) is 7.29. The van der Waals surface area contributed by atoms with Gasteiger partial charge in [0.05, 0.1) is 15.6 Å². The average molecular weight is 295 g/mol. The van der Waals surface area contributed by atoms with Gasteiger partial charge in [-0.2, -0.15) is 0 Å². The summed E-state index contributed by atoms with van der Waals surface area (Å²) < 4.78 is 0. The number of hydrogen-bond donors (Lipinski definition) is 1. The Morgan fingerprint density at radius 3 is 2.80 bits per heavy atom. The Hall–Kier alpha value is -1.07. The Morgan fingerprint density at radius 1 is 1.45 bits per heavy atom. The van der Waals surface area contributed by atoms with Crippen LogP contribution in [0.15, 0.2) is 6.07 Å². The van der Waals surface area contributed by atoms with Gasteiger partial charge < -0.3 is 15.5 Å². The van der Waals surface area contributed by atoms with E-state index in [1.165, 1.54) is 0 Å². The normalized spacial score (nSPS) is 21.2. The lowest BCUT2D eigenvalue weighted by molar-refractivity contribution is 0.0944. The second-order valence-corrected chi connectivity index (χ2v) is 7.08. The predicted octanol–water partition coefficient (Wildman–Crippen LogP) is 2.70. The molecule has 0 aliphatic carbocycles. The van der Waals surface area contributed by atoms with Gasteiger partial charge in [-0.3, -0.25) is 4.79 Å². The van der Waals surface area contributed by atoms with Crippen molar-refractivity contribution in [1.82, 2.24) is 4.90 Å². The lowest BCUT2D eigenvalue weighted by atomic mass is 10.1. The van der Waals surface area contributed by atoms with Crippen molar-refractivity contribution in [2.24, 2.45) is 5.92 Å². The molecule has 2 N–H and O–H groups in total. The molecule has 1 unspecified atom stereocenters. The van der Waals surface area contributed by atoms with Crippen LogP contribution >= 0.6 is 11.3 Å². The smallest absolute Gasteiger partial charge is 0.177 e. The number of carbonyl (C=O) groups is 1. The Balaban J connectivity index is 2.24. The van der Waals surface area contributed by atoms with Crippen molar-refractivity contribution in [2.45, 2.75) is 33.2 Å². The molecule has 112 valence electrons. The molecule has 0 amide bonds. The van der Waals surface area contributed by atoms with Crippen LogP contribution in [0.3, 0.4) is 0 Å². The fourth-order valence-electron chi connectivity index (χ4n) is 2.69. The molecule has 1 saturated heterocycles. The Kier molecular flexibility index (Phi) is 4.70. The lowest BCUT2D eigenvalue weighted by Crippen LogP contribution is -2.37. The molecule has 4 nitrogen and oxygen atoms in total. The third-order valence-corrected chi connectivity index (χ3v) is 5.03. The van der Waals surface area contributed by atoms with E-state index < -0.39 is 0 Å². The summed E-state index contributed by atoms with van der Waals surface area (Å²) in [4.78, 5) is 17.6. The number of likely N-dealkylation sites (N-methyl/N-ethyl adjacent to an activating group) is 1. The summed E-state index contributed by atoms with van der Waals surface area (Å²) in [5.74, 6) is 0.148. The highest BCUT2D eigenvalue weighted by Crippen LogP contribution is 2.35. The number of Topliss-reactive ketones (excluding diaryl/α,β-unsaturated/α-hetero) is 1. The van der Waals surface area contributed by atoms with Crippen molar-refractivity contribution in [3.63, 3.8) is 0 Å². The van der Waals surface area contributed by atoms with Crippen LogP contribution in [-0.4, -0.2) is 43.4 Å². The van der Waals surface area contributed by atoms with Gasteiger partial charge in [-0.15, -0.1) is 11.3 Å². The number of nitrogens with two attached hydrogens (primary N) is 1. The van der Waals surface area contributed by atoms with E-state index in [0.717, 1.165) is 35.9 Å². The Labute approximate surface area is 125 Å². The van der Waals surface area contributed by atoms with Gasteiger partial charge in [0.2, 0.25) is 0 Å². The van der Waals surface area contributed by atoms with Crippen LogP contribution in [-0.2, 0) is 0 Å². The van der Waals surface area contributed by atoms with Crippen LogP contribution in [0, 0.1) is 5.92 Å². The monoisotopic (exact) mass is 295 g/mol. The molecule has 1 aliphatic heterocycles. The minimum absolute atomic E-state index is 0.00325. The number of thiophene rings is 1. The summed E-state index contributed by atoms with van der Waals surface area (Å²) in [5, 5.41) is 1.13. The van der Waals surface area contributed by atoms with E-state index >= 15 is 0 Å². The second kappa shape index (κ2) is 6.14. The highest BCUT2D eigenvalue weighted by atomic mass is 32.1. The maximum absolute atomic E-state index is 12.2. The molecule has 2 heterocycles. The summed E-state index contributed by atoms with van der Waals surface area (Å²) in [5.41, 5.74) is 6.68. The van der Waals surface area contributed by atoms with Gasteiger partial charge >= 0.3 is 0 Å². The molecule has 5 heteroatoms. The van der Waals surface area contributed by atoms with E-state index in [-0.39, 0.29) is 11.7 Å². The van der Waals surface area contributed by atoms with Gasteiger partial charge in [0.25, 0.3) is 0 Å². The first-order valence-corrected chi connectivity index (χ1v) is 8.10. The summed E-state index contributed by atoms with van der Waals surface area (Å²) >= 11 is 1.55. The number of rotatable bonds is 3. The minimum atomic E-state index is -0.00325. The first-order chi connectivity index (χ1) is 9.40. The quantitative estimate of drug-likeness (QED) is 0.871. The molecule has 20 heavy (non-hydrogen) atoms. The van der Waals surface area contributed by atoms with E-state index in [4.69, 9.17) is 5.73 Å². The summed E-state index contributed by atoms with van der Waals surface area (Å²) in [6, 6.07) is 2.42. The van der Waals surface area contributed by atoms with Crippen LogP contribution in [0.5, 0.6) is 0 Å². The van der Waals surface area contributed by atoms with Crippen molar-refractivity contribution < 1.29 is 4.79 Å². The molecule has 0 radical (unpaired) electrons. The summed E-state index contributed by atoms with van der Waals surface area (Å²) in [7, 11) is 2.16. The number of nitrogen functional groups attached to an aromatic ring is 1. The van der Waals surface area contributed by atoms with Crippen molar-refractivity contribution in [1.29, 1.82) is 0 Å². The van der Waals surface area contributed by atoms with Gasteiger partial charge in [-0.05, 0) is 33.0 Å². The lowest BCUT2D eigenvalue weighted by Gasteiger charge is -2.28. The van der Waals surface area contributed by atoms with Crippen molar-refractivity contribution in [3.8, 4) is 0 Å². The topological polar surface area (TPSA) is 49.6 Å². The molecule has 1 fully saturated rings. The molecule has 1 aromatic rings. The zero-order valence-electron chi connectivity index (χ0n) is 12.8. The van der Waals surface area contributed by atoms with Gasteiger partial charge in [0.15, 0.2) is 5.78 Å². The van der Waals surface area contributed by atoms with Crippen molar-refractivity contribution in [3.05, 3.63) is 10.9 Å². The third-order valence-electron chi connectivity index (χ3n) is 3.83. The molecule has 2 rings (SSSR count). The Morgan fingerprint density at radius 2 is 2.15 bits per heavy atom. The van der Waals surface area contributed by atoms with E-state index in [1.54, 1.807) is 11.3 Å². The van der Waals surface area contributed by atoms with Gasteiger partial charge in [0.1, 0.15) is 0 Å². The van der Waals surface area contributed by atoms with E-state index in [2.05, 4.69) is 23.8 Å². The molecule has 1 atom stereocenters. The maximum Gasteiger partial charge on any atom is 0.177 e. The molecular formula is C15H25N3OS. The number of carbonyl (C=O) groups excluding carboxylic acids is 1. The Bertz CT molecular complexity index is 483. The van der Waals surface area contributed by atoms with Crippen LogP contribution in [0.25, 0.3) is 0 Å². The largest absolute Gasteiger partial charge is 0.397 e. The third kappa shape index (κ3) is 3.15. The van der Waals surface area contributed by atoms with Crippen LogP contribution in [0.4, 0.5) is 10.7 Å². The fourth-order valence-corrected chi connectivity index (χ4v) is 3.98. The highest BCUT2D eigenvalue weighted by molar-refractivity contribution is 7.18. The predicted molar refractivity (Wildman–Crippen MR) is 86.8 cm³/mol. The molecule has 0 spiro atoms. The molecule has 1 aliphatic rings. The first kappa shape index (κ1) is 15.3. The van der Waals surface area contributed by atoms with Crippen molar-refractivity contribution >= 4 is 27.8 Å². The molecule has 0 saturated carbocycles. The summed E-state index contributed by atoms with van der Waals surface area (Å²) in [6.07, 6.45) is 1.14. The zero-order valence-corrected chi connectivity index (χ0v) is 13.7. The van der Waals surface area contributed by atoms with Crippen molar-refractivity contribution in [2.75, 3.05) is 37.3 Å². The number of nitrogens with zero attached hydrogens (tertiary/aromatic N) is 2. The fraction of sp³-hybridized carbons (Fsp3) is 0.667. The molecular weight excluding hydrogens is 270 g/mol. The van der Waals surface area contributed by atoms with E-state index in [1.807, 2.05) is 19.9 Å². The second-order valence-electron chi connectivity index (χ2n) is 6.05. The SMILES string of the molecule is CC(C)C(=O)c1sc(N2CCCN(C)CC2C)cc1N. The standard InChI is InChI=1S/C15H25N3OS/c1-10(2)14(19)15-12(16)8-13(20-15)18-7-5-6-17(4)9-11(18)3/h8,10-11H,5-7,9,16H2,1-4H3. The summed E-state index contributed by atoms with van der Waals surface area (Å²) in [6.45, 7) is 9.28.